The molecule has 1 aromatic rings. The van der Waals surface area contributed by atoms with E-state index in [-0.39, 0.29) is 23.5 Å². The van der Waals surface area contributed by atoms with Gasteiger partial charge in [0.15, 0.2) is 0 Å². The van der Waals surface area contributed by atoms with Crippen molar-refractivity contribution in [2.45, 2.75) is 44.2 Å². The van der Waals surface area contributed by atoms with Gasteiger partial charge in [0.05, 0.1) is 12.6 Å². The standard InChI is InChI=1S/C18H23ClN2O3/c19-12-3-4-13-14(2-1-7-24-15(13)10-12)20-17(22)21-16-11-18(16)5-8-23-9-6-18/h3-4,10,14,16H,1-2,5-9,11H2,(H2,20,21,22). The van der Waals surface area contributed by atoms with E-state index in [1.807, 2.05) is 18.2 Å². The molecule has 2 heterocycles. The minimum atomic E-state index is -0.0869. The summed E-state index contributed by atoms with van der Waals surface area (Å²) >= 11 is 6.05. The second kappa shape index (κ2) is 6.45. The van der Waals surface area contributed by atoms with Crippen molar-refractivity contribution < 1.29 is 14.3 Å². The maximum Gasteiger partial charge on any atom is 0.315 e. The molecule has 24 heavy (non-hydrogen) atoms. The molecule has 1 aromatic carbocycles. The van der Waals surface area contributed by atoms with Crippen molar-refractivity contribution in [3.05, 3.63) is 28.8 Å². The maximum atomic E-state index is 12.5. The lowest BCUT2D eigenvalue weighted by molar-refractivity contribution is 0.0547. The molecule has 2 amide bonds. The van der Waals surface area contributed by atoms with Crippen LogP contribution in [0.2, 0.25) is 5.02 Å². The van der Waals surface area contributed by atoms with Crippen LogP contribution in [0, 0.1) is 5.41 Å². The van der Waals surface area contributed by atoms with Crippen molar-refractivity contribution in [1.82, 2.24) is 10.6 Å². The summed E-state index contributed by atoms with van der Waals surface area (Å²) in [5.41, 5.74) is 1.29. The molecular formula is C18H23ClN2O3. The average molecular weight is 351 g/mol. The minimum absolute atomic E-state index is 0.0378. The second-order valence-electron chi connectivity index (χ2n) is 7.07. The largest absolute Gasteiger partial charge is 0.493 e. The summed E-state index contributed by atoms with van der Waals surface area (Å²) in [5, 5.41) is 6.93. The van der Waals surface area contributed by atoms with Crippen LogP contribution in [0.15, 0.2) is 18.2 Å². The van der Waals surface area contributed by atoms with Crippen LogP contribution in [-0.4, -0.2) is 31.9 Å². The van der Waals surface area contributed by atoms with Crippen LogP contribution in [0.1, 0.15) is 43.7 Å². The summed E-state index contributed by atoms with van der Waals surface area (Å²) in [7, 11) is 0. The monoisotopic (exact) mass is 350 g/mol. The number of nitrogens with one attached hydrogen (secondary N) is 2. The first-order valence-corrected chi connectivity index (χ1v) is 9.11. The summed E-state index contributed by atoms with van der Waals surface area (Å²) in [4.78, 5) is 12.5. The van der Waals surface area contributed by atoms with Crippen LogP contribution < -0.4 is 15.4 Å². The van der Waals surface area contributed by atoms with E-state index in [4.69, 9.17) is 21.1 Å². The van der Waals surface area contributed by atoms with E-state index in [2.05, 4.69) is 10.6 Å². The Labute approximate surface area is 147 Å². The number of ether oxygens (including phenoxy) is 2. The van der Waals surface area contributed by atoms with Gasteiger partial charge in [0.1, 0.15) is 5.75 Å². The topological polar surface area (TPSA) is 59.6 Å². The Hall–Kier alpha value is -1.46. The highest BCUT2D eigenvalue weighted by Gasteiger charge is 2.55. The van der Waals surface area contributed by atoms with E-state index in [1.165, 1.54) is 0 Å². The van der Waals surface area contributed by atoms with Gasteiger partial charge in [-0.05, 0) is 49.7 Å². The van der Waals surface area contributed by atoms with E-state index < -0.39 is 0 Å². The third kappa shape index (κ3) is 3.20. The first-order chi connectivity index (χ1) is 11.7. The zero-order valence-electron chi connectivity index (χ0n) is 13.6. The third-order valence-corrected chi connectivity index (χ3v) is 5.77. The molecule has 2 fully saturated rings. The Bertz CT molecular complexity index is 631. The molecule has 1 aliphatic carbocycles. The van der Waals surface area contributed by atoms with Crippen LogP contribution in [0.4, 0.5) is 4.79 Å². The van der Waals surface area contributed by atoms with E-state index in [1.54, 1.807) is 0 Å². The molecular weight excluding hydrogens is 328 g/mol. The van der Waals surface area contributed by atoms with Crippen molar-refractivity contribution in [3.63, 3.8) is 0 Å². The molecule has 2 unspecified atom stereocenters. The molecule has 0 radical (unpaired) electrons. The predicted octanol–water partition coefficient (Wildman–Crippen LogP) is 3.42. The highest BCUT2D eigenvalue weighted by molar-refractivity contribution is 6.30. The van der Waals surface area contributed by atoms with Gasteiger partial charge in [-0.25, -0.2) is 4.79 Å². The highest BCUT2D eigenvalue weighted by atomic mass is 35.5. The molecule has 130 valence electrons. The van der Waals surface area contributed by atoms with Gasteiger partial charge in [-0.15, -0.1) is 0 Å². The quantitative estimate of drug-likeness (QED) is 0.859. The summed E-state index contributed by atoms with van der Waals surface area (Å²) in [6.45, 7) is 2.28. The van der Waals surface area contributed by atoms with Crippen LogP contribution in [-0.2, 0) is 4.74 Å². The van der Waals surface area contributed by atoms with Crippen molar-refractivity contribution in [3.8, 4) is 5.75 Å². The number of rotatable bonds is 2. The molecule has 4 rings (SSSR count). The molecule has 0 bridgehead atoms. The summed E-state index contributed by atoms with van der Waals surface area (Å²) in [6, 6.07) is 5.78. The van der Waals surface area contributed by atoms with Gasteiger partial charge in [0.2, 0.25) is 0 Å². The van der Waals surface area contributed by atoms with E-state index in [9.17, 15) is 4.79 Å². The Kier molecular flexibility index (Phi) is 4.31. The molecule has 2 aliphatic heterocycles. The fourth-order valence-electron chi connectivity index (χ4n) is 3.94. The SMILES string of the molecule is O=C(NC1CCCOc2cc(Cl)ccc21)NC1CC12CCOCC2. The number of halogens is 1. The van der Waals surface area contributed by atoms with Crippen LogP contribution >= 0.6 is 11.6 Å². The predicted molar refractivity (Wildman–Crippen MR) is 91.5 cm³/mol. The lowest BCUT2D eigenvalue weighted by atomic mass is 9.96. The van der Waals surface area contributed by atoms with Gasteiger partial charge in [-0.2, -0.15) is 0 Å². The zero-order valence-corrected chi connectivity index (χ0v) is 14.4. The summed E-state index contributed by atoms with van der Waals surface area (Å²) < 4.78 is 11.2. The number of urea groups is 1. The molecule has 0 aromatic heterocycles. The molecule has 1 saturated heterocycles. The number of carbonyl (C=O) groups is 1. The Morgan fingerprint density at radius 1 is 1.21 bits per heavy atom. The zero-order chi connectivity index (χ0) is 16.6. The number of hydrogen-bond acceptors (Lipinski definition) is 3. The Morgan fingerprint density at radius 2 is 2.04 bits per heavy atom. The van der Waals surface area contributed by atoms with Gasteiger partial charge >= 0.3 is 6.03 Å². The second-order valence-corrected chi connectivity index (χ2v) is 7.51. The number of amides is 2. The first kappa shape index (κ1) is 16.0. The average Bonchev–Trinajstić information content (AvgIpc) is 3.26. The number of benzene rings is 1. The Balaban J connectivity index is 1.39. The fraction of sp³-hybridized carbons (Fsp3) is 0.611. The van der Waals surface area contributed by atoms with Crippen molar-refractivity contribution in [2.24, 2.45) is 5.41 Å². The number of fused-ring (bicyclic) bond motifs is 1. The highest BCUT2D eigenvalue weighted by Crippen LogP contribution is 2.53. The van der Waals surface area contributed by atoms with E-state index >= 15 is 0 Å². The normalized spacial score (nSPS) is 27.5. The molecule has 5 nitrogen and oxygen atoms in total. The molecule has 2 N–H and O–H groups in total. The lowest BCUT2D eigenvalue weighted by Gasteiger charge is -2.24. The molecule has 2 atom stereocenters. The molecule has 1 saturated carbocycles. The Morgan fingerprint density at radius 3 is 2.88 bits per heavy atom. The number of hydrogen-bond donors (Lipinski definition) is 2. The fourth-order valence-corrected chi connectivity index (χ4v) is 4.10. The van der Waals surface area contributed by atoms with Crippen molar-refractivity contribution in [1.29, 1.82) is 0 Å². The van der Waals surface area contributed by atoms with Crippen LogP contribution in [0.25, 0.3) is 0 Å². The number of carbonyl (C=O) groups excluding carboxylic acids is 1. The van der Waals surface area contributed by atoms with Gasteiger partial charge in [0.25, 0.3) is 0 Å². The third-order valence-electron chi connectivity index (χ3n) is 5.53. The van der Waals surface area contributed by atoms with E-state index in [0.29, 0.717) is 11.6 Å². The van der Waals surface area contributed by atoms with Crippen molar-refractivity contribution in [2.75, 3.05) is 19.8 Å². The summed E-state index contributed by atoms with van der Waals surface area (Å²) in [6.07, 6.45) is 4.95. The molecule has 3 aliphatic rings. The summed E-state index contributed by atoms with van der Waals surface area (Å²) in [5.74, 6) is 0.776. The van der Waals surface area contributed by atoms with Crippen molar-refractivity contribution >= 4 is 17.6 Å². The van der Waals surface area contributed by atoms with Gasteiger partial charge in [0, 0.05) is 29.8 Å². The first-order valence-electron chi connectivity index (χ1n) is 8.73. The smallest absolute Gasteiger partial charge is 0.315 e. The molecule has 1 spiro atoms. The van der Waals surface area contributed by atoms with Crippen LogP contribution in [0.5, 0.6) is 5.75 Å². The van der Waals surface area contributed by atoms with Crippen LogP contribution in [0.3, 0.4) is 0 Å². The van der Waals surface area contributed by atoms with Gasteiger partial charge in [-0.1, -0.05) is 17.7 Å². The van der Waals surface area contributed by atoms with Gasteiger partial charge < -0.3 is 20.1 Å². The lowest BCUT2D eigenvalue weighted by Crippen LogP contribution is -2.41. The minimum Gasteiger partial charge on any atom is -0.493 e. The van der Waals surface area contributed by atoms with Gasteiger partial charge in [-0.3, -0.25) is 0 Å². The molecule has 6 heteroatoms. The maximum absolute atomic E-state index is 12.5. The van der Waals surface area contributed by atoms with E-state index in [0.717, 1.165) is 56.6 Å².